The SMILES string of the molecule is CCOC(=O)c1sc(N)c(C#N)c1COc1ccc(C)cc1[N+](=O)[O-]. The van der Waals surface area contributed by atoms with E-state index in [-0.39, 0.29) is 45.7 Å². The van der Waals surface area contributed by atoms with E-state index in [1.165, 1.54) is 12.1 Å². The first kappa shape index (κ1) is 18.2. The van der Waals surface area contributed by atoms with Crippen molar-refractivity contribution in [2.45, 2.75) is 20.5 Å². The van der Waals surface area contributed by atoms with Gasteiger partial charge in [-0.05, 0) is 25.5 Å². The van der Waals surface area contributed by atoms with Crippen LogP contribution in [0.15, 0.2) is 18.2 Å². The zero-order chi connectivity index (χ0) is 18.6. The van der Waals surface area contributed by atoms with Gasteiger partial charge < -0.3 is 15.2 Å². The summed E-state index contributed by atoms with van der Waals surface area (Å²) in [6, 6.07) is 6.45. The number of esters is 1. The van der Waals surface area contributed by atoms with Gasteiger partial charge in [-0.1, -0.05) is 6.07 Å². The zero-order valence-electron chi connectivity index (χ0n) is 13.6. The van der Waals surface area contributed by atoms with Crippen LogP contribution in [-0.2, 0) is 11.3 Å². The fourth-order valence-corrected chi connectivity index (χ4v) is 3.07. The quantitative estimate of drug-likeness (QED) is 0.475. The van der Waals surface area contributed by atoms with Gasteiger partial charge in [0.1, 0.15) is 22.6 Å². The molecular weight excluding hydrogens is 346 g/mol. The molecule has 130 valence electrons. The molecule has 2 rings (SSSR count). The number of nitro benzene ring substituents is 1. The van der Waals surface area contributed by atoms with Crippen molar-refractivity contribution in [3.05, 3.63) is 49.9 Å². The average molecular weight is 361 g/mol. The molecule has 0 spiro atoms. The van der Waals surface area contributed by atoms with Crippen LogP contribution in [0.5, 0.6) is 5.75 Å². The van der Waals surface area contributed by atoms with Gasteiger partial charge in [-0.15, -0.1) is 11.3 Å². The zero-order valence-corrected chi connectivity index (χ0v) is 14.4. The summed E-state index contributed by atoms with van der Waals surface area (Å²) in [4.78, 5) is 22.8. The number of carbonyl (C=O) groups excluding carboxylic acids is 1. The fourth-order valence-electron chi connectivity index (χ4n) is 2.15. The molecular formula is C16H15N3O5S. The van der Waals surface area contributed by atoms with Crippen LogP contribution in [0.3, 0.4) is 0 Å². The Morgan fingerprint density at radius 3 is 2.80 bits per heavy atom. The second-order valence-electron chi connectivity index (χ2n) is 5.00. The predicted molar refractivity (Wildman–Crippen MR) is 91.6 cm³/mol. The smallest absolute Gasteiger partial charge is 0.348 e. The Bertz CT molecular complexity index is 869. The highest BCUT2D eigenvalue weighted by Crippen LogP contribution is 2.34. The van der Waals surface area contributed by atoms with Gasteiger partial charge in [0.15, 0.2) is 5.75 Å². The van der Waals surface area contributed by atoms with Gasteiger partial charge in [0.05, 0.1) is 17.1 Å². The van der Waals surface area contributed by atoms with E-state index in [0.29, 0.717) is 5.56 Å². The second kappa shape index (κ2) is 7.63. The molecule has 1 heterocycles. The maximum atomic E-state index is 12.0. The second-order valence-corrected chi connectivity index (χ2v) is 6.05. The minimum atomic E-state index is -0.613. The number of aryl methyl sites for hydroxylation is 1. The molecule has 2 N–H and O–H groups in total. The predicted octanol–water partition coefficient (Wildman–Crippen LogP) is 3.17. The number of nitrogens with zero attached hydrogens (tertiary/aromatic N) is 2. The van der Waals surface area contributed by atoms with Crippen molar-refractivity contribution < 1.29 is 19.2 Å². The lowest BCUT2D eigenvalue weighted by atomic mass is 10.1. The van der Waals surface area contributed by atoms with E-state index in [4.69, 9.17) is 15.2 Å². The van der Waals surface area contributed by atoms with Gasteiger partial charge in [0.25, 0.3) is 0 Å². The third-order valence-electron chi connectivity index (χ3n) is 3.29. The van der Waals surface area contributed by atoms with Crippen molar-refractivity contribution >= 4 is 28.0 Å². The molecule has 9 heteroatoms. The highest BCUT2D eigenvalue weighted by Gasteiger charge is 2.24. The normalized spacial score (nSPS) is 10.1. The summed E-state index contributed by atoms with van der Waals surface area (Å²) >= 11 is 0.929. The van der Waals surface area contributed by atoms with E-state index in [2.05, 4.69) is 0 Å². The minimum absolute atomic E-state index is 0.0408. The Morgan fingerprint density at radius 1 is 1.48 bits per heavy atom. The lowest BCUT2D eigenvalue weighted by Gasteiger charge is -2.08. The van der Waals surface area contributed by atoms with Crippen LogP contribution in [0.2, 0.25) is 0 Å². The molecule has 0 aliphatic heterocycles. The summed E-state index contributed by atoms with van der Waals surface area (Å²) in [7, 11) is 0. The van der Waals surface area contributed by atoms with Crippen molar-refractivity contribution in [1.82, 2.24) is 0 Å². The Kier molecular flexibility index (Phi) is 5.56. The van der Waals surface area contributed by atoms with Crippen LogP contribution >= 0.6 is 11.3 Å². The van der Waals surface area contributed by atoms with E-state index in [9.17, 15) is 20.2 Å². The number of rotatable bonds is 6. The Labute approximate surface area is 147 Å². The average Bonchev–Trinajstić information content (AvgIpc) is 2.89. The van der Waals surface area contributed by atoms with Crippen molar-refractivity contribution in [3.63, 3.8) is 0 Å². The van der Waals surface area contributed by atoms with Gasteiger partial charge in [-0.25, -0.2) is 4.79 Å². The van der Waals surface area contributed by atoms with Crippen LogP contribution in [0, 0.1) is 28.4 Å². The summed E-state index contributed by atoms with van der Waals surface area (Å²) in [6.45, 7) is 3.34. The maximum Gasteiger partial charge on any atom is 0.348 e. The van der Waals surface area contributed by atoms with Crippen LogP contribution in [0.25, 0.3) is 0 Å². The Morgan fingerprint density at radius 2 is 2.20 bits per heavy atom. The van der Waals surface area contributed by atoms with E-state index in [1.807, 2.05) is 6.07 Å². The molecule has 0 saturated carbocycles. The monoisotopic (exact) mass is 361 g/mol. The number of nitrogens with two attached hydrogens (primary N) is 1. The van der Waals surface area contributed by atoms with Crippen LogP contribution in [0.4, 0.5) is 10.7 Å². The van der Waals surface area contributed by atoms with Gasteiger partial charge in [0, 0.05) is 11.6 Å². The molecule has 0 radical (unpaired) electrons. The first-order chi connectivity index (χ1) is 11.9. The summed E-state index contributed by atoms with van der Waals surface area (Å²) in [5, 5.41) is 20.6. The number of hydrogen-bond donors (Lipinski definition) is 1. The highest BCUT2D eigenvalue weighted by molar-refractivity contribution is 7.18. The molecule has 0 saturated heterocycles. The summed E-state index contributed by atoms with van der Waals surface area (Å²) in [6.07, 6.45) is 0. The fraction of sp³-hybridized carbons (Fsp3) is 0.250. The molecule has 0 amide bonds. The minimum Gasteiger partial charge on any atom is -0.482 e. The van der Waals surface area contributed by atoms with Crippen molar-refractivity contribution in [2.24, 2.45) is 0 Å². The number of nitriles is 1. The summed E-state index contributed by atoms with van der Waals surface area (Å²) < 4.78 is 10.5. The standard InChI is InChI=1S/C16H15N3O5S/c1-3-23-16(20)14-11(10(7-17)15(18)25-14)8-24-13-5-4-9(2)6-12(13)19(21)22/h4-6H,3,8,18H2,1-2H3. The van der Waals surface area contributed by atoms with Gasteiger partial charge in [-0.3, -0.25) is 10.1 Å². The molecule has 2 aromatic rings. The van der Waals surface area contributed by atoms with Crippen LogP contribution in [-0.4, -0.2) is 17.5 Å². The highest BCUT2D eigenvalue weighted by atomic mass is 32.1. The van der Waals surface area contributed by atoms with Crippen LogP contribution in [0.1, 0.15) is 33.3 Å². The topological polar surface area (TPSA) is 128 Å². The third kappa shape index (κ3) is 3.87. The first-order valence-corrected chi connectivity index (χ1v) is 8.06. The number of ether oxygens (including phenoxy) is 2. The molecule has 1 aromatic heterocycles. The van der Waals surface area contributed by atoms with Crippen molar-refractivity contribution in [1.29, 1.82) is 5.26 Å². The third-order valence-corrected chi connectivity index (χ3v) is 4.33. The Hall–Kier alpha value is -3.12. The number of nitro groups is 1. The molecule has 1 aromatic carbocycles. The number of thiophene rings is 1. The molecule has 0 aliphatic rings. The van der Waals surface area contributed by atoms with Gasteiger partial charge in [-0.2, -0.15) is 5.26 Å². The number of nitrogen functional groups attached to an aromatic ring is 1. The Balaban J connectivity index is 2.37. The summed E-state index contributed by atoms with van der Waals surface area (Å²) in [5.74, 6) is -0.572. The van der Waals surface area contributed by atoms with Gasteiger partial charge in [0.2, 0.25) is 0 Å². The molecule has 0 fully saturated rings. The van der Waals surface area contributed by atoms with E-state index >= 15 is 0 Å². The molecule has 0 unspecified atom stereocenters. The van der Waals surface area contributed by atoms with E-state index in [1.54, 1.807) is 19.9 Å². The first-order valence-electron chi connectivity index (χ1n) is 7.25. The lowest BCUT2D eigenvalue weighted by Crippen LogP contribution is -2.08. The van der Waals surface area contributed by atoms with E-state index in [0.717, 1.165) is 11.3 Å². The largest absolute Gasteiger partial charge is 0.482 e. The van der Waals surface area contributed by atoms with Crippen molar-refractivity contribution in [3.8, 4) is 11.8 Å². The number of carbonyl (C=O) groups is 1. The molecule has 0 atom stereocenters. The number of anilines is 1. The lowest BCUT2D eigenvalue weighted by molar-refractivity contribution is -0.386. The van der Waals surface area contributed by atoms with Crippen molar-refractivity contribution in [2.75, 3.05) is 12.3 Å². The maximum absolute atomic E-state index is 12.0. The molecule has 0 bridgehead atoms. The molecule has 25 heavy (non-hydrogen) atoms. The van der Waals surface area contributed by atoms with Crippen LogP contribution < -0.4 is 10.5 Å². The molecule has 0 aliphatic carbocycles. The molecule has 8 nitrogen and oxygen atoms in total. The number of hydrogen-bond acceptors (Lipinski definition) is 8. The van der Waals surface area contributed by atoms with E-state index < -0.39 is 10.9 Å². The number of benzene rings is 1. The van der Waals surface area contributed by atoms with Gasteiger partial charge >= 0.3 is 11.7 Å². The summed E-state index contributed by atoms with van der Waals surface area (Å²) in [5.41, 5.74) is 6.67.